The number of carbonyl (C=O) groups excluding carboxylic acids is 2. The maximum absolute atomic E-state index is 12.5. The first-order valence-electron chi connectivity index (χ1n) is 35.7. The van der Waals surface area contributed by atoms with Crippen LogP contribution in [-0.4, -0.2) is 47.4 Å². The number of amides is 1. The van der Waals surface area contributed by atoms with Crippen LogP contribution >= 0.6 is 0 Å². The van der Waals surface area contributed by atoms with Crippen molar-refractivity contribution in [1.29, 1.82) is 0 Å². The van der Waals surface area contributed by atoms with Crippen molar-refractivity contribution in [2.24, 2.45) is 0 Å². The Kier molecular flexibility index (Phi) is 66.9. The number of aliphatic hydroxyl groups is 2. The monoisotopic (exact) mass is 1110 g/mol. The molecule has 3 N–H and O–H groups in total. The lowest BCUT2D eigenvalue weighted by Gasteiger charge is -2.22. The zero-order valence-corrected chi connectivity index (χ0v) is 53.4. The highest BCUT2D eigenvalue weighted by molar-refractivity contribution is 5.76. The maximum Gasteiger partial charge on any atom is 0.305 e. The summed E-state index contributed by atoms with van der Waals surface area (Å²) in [7, 11) is 0. The van der Waals surface area contributed by atoms with Crippen molar-refractivity contribution >= 4 is 11.9 Å². The summed E-state index contributed by atoms with van der Waals surface area (Å²) in [5.41, 5.74) is 0. The van der Waals surface area contributed by atoms with Gasteiger partial charge in [-0.15, -0.1) is 0 Å². The molecule has 0 aliphatic rings. The highest BCUT2D eigenvalue weighted by atomic mass is 16.5. The van der Waals surface area contributed by atoms with Gasteiger partial charge in [-0.3, -0.25) is 9.59 Å². The molecule has 0 aromatic carbocycles. The molecule has 79 heavy (non-hydrogen) atoms. The van der Waals surface area contributed by atoms with Crippen LogP contribution in [0, 0.1) is 0 Å². The molecule has 0 aliphatic carbocycles. The van der Waals surface area contributed by atoms with E-state index in [1.807, 2.05) is 0 Å². The van der Waals surface area contributed by atoms with Crippen LogP contribution in [0.4, 0.5) is 0 Å². The van der Waals surface area contributed by atoms with Gasteiger partial charge >= 0.3 is 5.97 Å². The van der Waals surface area contributed by atoms with E-state index in [0.29, 0.717) is 25.9 Å². The molecule has 0 fully saturated rings. The van der Waals surface area contributed by atoms with E-state index < -0.39 is 12.1 Å². The van der Waals surface area contributed by atoms with Crippen LogP contribution in [0.25, 0.3) is 0 Å². The standard InChI is InChI=1S/C73H139NO5/c1-3-5-7-9-11-13-15-17-38-43-47-51-55-59-63-67-73(78)79-68-64-60-56-52-48-44-40-37-35-33-31-29-27-25-23-21-19-20-22-24-26-28-30-32-34-36-39-42-46-50-54-58-62-66-72(77)74-70(69-75)71(76)65-61-57-53-49-45-41-18-16-14-12-10-8-6-4-2/h17,23,25,29,31,38,70-71,75-76H,3-16,18-22,24,26-28,30,32-37,39-69H2,1-2H3,(H,74,77)/b25-23-,31-29-,38-17-. The van der Waals surface area contributed by atoms with E-state index in [-0.39, 0.29) is 18.5 Å². The molecule has 2 unspecified atom stereocenters. The van der Waals surface area contributed by atoms with Gasteiger partial charge in [0, 0.05) is 12.8 Å². The number of nitrogens with one attached hydrogen (secondary N) is 1. The Balaban J connectivity index is 3.37. The first-order chi connectivity index (χ1) is 39.0. The largest absolute Gasteiger partial charge is 0.466 e. The minimum atomic E-state index is -0.662. The van der Waals surface area contributed by atoms with Gasteiger partial charge in [0.15, 0.2) is 0 Å². The molecule has 0 aliphatic heterocycles. The molecule has 1 amide bonds. The summed E-state index contributed by atoms with van der Waals surface area (Å²) in [6, 6.07) is -0.540. The van der Waals surface area contributed by atoms with Crippen LogP contribution in [0.1, 0.15) is 393 Å². The van der Waals surface area contributed by atoms with E-state index in [4.69, 9.17) is 4.74 Å². The Bertz CT molecular complexity index is 1280. The van der Waals surface area contributed by atoms with E-state index in [1.165, 1.54) is 308 Å². The highest BCUT2D eigenvalue weighted by Gasteiger charge is 2.20. The second kappa shape index (κ2) is 68.6. The number of ether oxygens (including phenoxy) is 1. The van der Waals surface area contributed by atoms with Gasteiger partial charge in [-0.05, 0) is 83.5 Å². The SMILES string of the molecule is CCCCCCCC/C=C\CCCCCCCC(=O)OCCCCCCCCCCC/C=C\C/C=C\CCCCCCCCCCCCCCCCCCCC(=O)NC(CO)C(O)CCCCCCCCCCCCCCCC. The number of rotatable bonds is 67. The lowest BCUT2D eigenvalue weighted by molar-refractivity contribution is -0.143. The lowest BCUT2D eigenvalue weighted by atomic mass is 10.0. The Labute approximate surface area is 494 Å². The van der Waals surface area contributed by atoms with Crippen molar-refractivity contribution in [3.05, 3.63) is 36.5 Å². The molecule has 0 bridgehead atoms. The molecule has 0 aromatic heterocycles. The molecule has 6 nitrogen and oxygen atoms in total. The van der Waals surface area contributed by atoms with Crippen molar-refractivity contribution in [3.63, 3.8) is 0 Å². The minimum Gasteiger partial charge on any atom is -0.466 e. The molecule has 0 spiro atoms. The van der Waals surface area contributed by atoms with Crippen LogP contribution in [-0.2, 0) is 14.3 Å². The fourth-order valence-electron chi connectivity index (χ4n) is 11.2. The lowest BCUT2D eigenvalue weighted by Crippen LogP contribution is -2.45. The van der Waals surface area contributed by atoms with Crippen LogP contribution in [0.15, 0.2) is 36.5 Å². The van der Waals surface area contributed by atoms with Crippen molar-refractivity contribution in [3.8, 4) is 0 Å². The molecule has 0 radical (unpaired) electrons. The molecule has 0 heterocycles. The normalized spacial score (nSPS) is 12.7. The molecule has 0 saturated carbocycles. The summed E-state index contributed by atoms with van der Waals surface area (Å²) < 4.78 is 5.49. The number of allylic oxidation sites excluding steroid dienone is 6. The Morgan fingerprint density at radius 2 is 0.633 bits per heavy atom. The van der Waals surface area contributed by atoms with Crippen LogP contribution in [0.5, 0.6) is 0 Å². The number of aliphatic hydroxyl groups excluding tert-OH is 2. The molecule has 6 heteroatoms. The average Bonchev–Trinajstić information content (AvgIpc) is 3.45. The Hall–Kier alpha value is -1.92. The quantitative estimate of drug-likeness (QED) is 0.0320. The van der Waals surface area contributed by atoms with Crippen LogP contribution < -0.4 is 5.32 Å². The first kappa shape index (κ1) is 77.1. The Morgan fingerprint density at radius 3 is 0.975 bits per heavy atom. The van der Waals surface area contributed by atoms with Crippen molar-refractivity contribution in [2.75, 3.05) is 13.2 Å². The number of hydrogen-bond acceptors (Lipinski definition) is 5. The zero-order valence-electron chi connectivity index (χ0n) is 53.4. The van der Waals surface area contributed by atoms with Gasteiger partial charge in [0.2, 0.25) is 5.91 Å². The molecular formula is C73H139NO5. The summed E-state index contributed by atoms with van der Waals surface area (Å²) in [6.07, 6.45) is 87.7. The number of carbonyl (C=O) groups is 2. The number of hydrogen-bond donors (Lipinski definition) is 3. The summed E-state index contributed by atoms with van der Waals surface area (Å²) >= 11 is 0. The van der Waals surface area contributed by atoms with Gasteiger partial charge in [0.1, 0.15) is 0 Å². The van der Waals surface area contributed by atoms with Gasteiger partial charge in [-0.25, -0.2) is 0 Å². The highest BCUT2D eigenvalue weighted by Crippen LogP contribution is 2.18. The molecule has 0 aromatic rings. The molecule has 0 rings (SSSR count). The molecule has 0 saturated heterocycles. The third-order valence-electron chi connectivity index (χ3n) is 16.7. The Morgan fingerprint density at radius 1 is 0.354 bits per heavy atom. The number of unbranched alkanes of at least 4 members (excludes halogenated alkanes) is 50. The van der Waals surface area contributed by atoms with Crippen molar-refractivity contribution < 1.29 is 24.5 Å². The minimum absolute atomic E-state index is 0.00660. The predicted octanol–water partition coefficient (Wildman–Crippen LogP) is 23.1. The van der Waals surface area contributed by atoms with E-state index in [9.17, 15) is 19.8 Å². The van der Waals surface area contributed by atoms with E-state index in [0.717, 1.165) is 51.4 Å². The summed E-state index contributed by atoms with van der Waals surface area (Å²) in [5, 5.41) is 23.3. The second-order valence-electron chi connectivity index (χ2n) is 24.6. The summed E-state index contributed by atoms with van der Waals surface area (Å²) in [6.45, 7) is 4.97. The first-order valence-corrected chi connectivity index (χ1v) is 35.7. The van der Waals surface area contributed by atoms with Crippen molar-refractivity contribution in [2.45, 2.75) is 405 Å². The topological polar surface area (TPSA) is 95.9 Å². The van der Waals surface area contributed by atoms with Crippen molar-refractivity contribution in [1.82, 2.24) is 5.32 Å². The van der Waals surface area contributed by atoms with E-state index in [1.54, 1.807) is 0 Å². The molecular weight excluding hydrogens is 971 g/mol. The molecule has 2 atom stereocenters. The molecule has 466 valence electrons. The van der Waals surface area contributed by atoms with E-state index >= 15 is 0 Å². The van der Waals surface area contributed by atoms with Crippen LogP contribution in [0.3, 0.4) is 0 Å². The third kappa shape index (κ3) is 65.1. The van der Waals surface area contributed by atoms with Gasteiger partial charge in [0.25, 0.3) is 0 Å². The second-order valence-corrected chi connectivity index (χ2v) is 24.6. The average molecular weight is 1110 g/mol. The number of esters is 1. The van der Waals surface area contributed by atoms with Gasteiger partial charge in [0.05, 0.1) is 25.4 Å². The fourth-order valence-corrected chi connectivity index (χ4v) is 11.2. The third-order valence-corrected chi connectivity index (χ3v) is 16.7. The zero-order chi connectivity index (χ0) is 57.1. The smallest absolute Gasteiger partial charge is 0.305 e. The summed E-state index contributed by atoms with van der Waals surface area (Å²) in [5.74, 6) is -0.0243. The predicted molar refractivity (Wildman–Crippen MR) is 347 cm³/mol. The maximum atomic E-state index is 12.5. The van der Waals surface area contributed by atoms with E-state index in [2.05, 4.69) is 55.6 Å². The van der Waals surface area contributed by atoms with Gasteiger partial charge in [-0.1, -0.05) is 333 Å². The fraction of sp³-hybridized carbons (Fsp3) is 0.890. The van der Waals surface area contributed by atoms with Gasteiger partial charge < -0.3 is 20.3 Å². The van der Waals surface area contributed by atoms with Gasteiger partial charge in [-0.2, -0.15) is 0 Å². The summed E-state index contributed by atoms with van der Waals surface area (Å²) in [4.78, 5) is 24.6. The van der Waals surface area contributed by atoms with Crippen LogP contribution in [0.2, 0.25) is 0 Å².